The number of amides is 1. The Morgan fingerprint density at radius 2 is 2.10 bits per heavy atom. The number of rotatable bonds is 7. The van der Waals surface area contributed by atoms with E-state index in [9.17, 15) is 9.18 Å². The van der Waals surface area contributed by atoms with Crippen LogP contribution < -0.4 is 10.1 Å². The molecule has 1 amide bonds. The second-order valence-corrected chi connectivity index (χ2v) is 4.24. The summed E-state index contributed by atoms with van der Waals surface area (Å²) in [5.41, 5.74) is 0. The van der Waals surface area contributed by atoms with Gasteiger partial charge in [-0.25, -0.2) is 4.39 Å². The first kappa shape index (κ1) is 14.1. The molecule has 0 bridgehead atoms. The van der Waals surface area contributed by atoms with Gasteiger partial charge in [0.1, 0.15) is 5.76 Å². The van der Waals surface area contributed by atoms with E-state index in [-0.39, 0.29) is 11.7 Å². The van der Waals surface area contributed by atoms with Crippen LogP contribution in [0.1, 0.15) is 18.6 Å². The van der Waals surface area contributed by atoms with Crippen molar-refractivity contribution in [2.45, 2.75) is 19.4 Å². The van der Waals surface area contributed by atoms with Gasteiger partial charge in [0, 0.05) is 6.42 Å². The Morgan fingerprint density at radius 3 is 2.85 bits per heavy atom. The number of nitrogens with one attached hydrogen (secondary N) is 1. The van der Waals surface area contributed by atoms with Crippen LogP contribution in [0, 0.1) is 5.82 Å². The van der Waals surface area contributed by atoms with Crippen LogP contribution in [0.15, 0.2) is 47.1 Å². The average Bonchev–Trinajstić information content (AvgIpc) is 2.96. The van der Waals surface area contributed by atoms with Crippen molar-refractivity contribution < 1.29 is 18.3 Å². The molecule has 0 saturated heterocycles. The maximum Gasteiger partial charge on any atom is 0.220 e. The molecule has 0 spiro atoms. The van der Waals surface area contributed by atoms with Crippen LogP contribution in [-0.4, -0.2) is 12.5 Å². The quantitative estimate of drug-likeness (QED) is 0.792. The van der Waals surface area contributed by atoms with Gasteiger partial charge in [0.15, 0.2) is 11.6 Å². The van der Waals surface area contributed by atoms with E-state index in [0.29, 0.717) is 31.8 Å². The van der Waals surface area contributed by atoms with E-state index in [1.165, 1.54) is 6.07 Å². The SMILES string of the molecule is O=C(CCCOc1ccccc1F)NCc1ccco1. The van der Waals surface area contributed by atoms with Crippen LogP contribution >= 0.6 is 0 Å². The first-order valence-electron chi connectivity index (χ1n) is 6.42. The Labute approximate surface area is 116 Å². The molecule has 1 aromatic carbocycles. The maximum atomic E-state index is 13.2. The number of benzene rings is 1. The lowest BCUT2D eigenvalue weighted by Gasteiger charge is -2.07. The molecule has 1 N–H and O–H groups in total. The molecule has 0 aliphatic heterocycles. The largest absolute Gasteiger partial charge is 0.491 e. The summed E-state index contributed by atoms with van der Waals surface area (Å²) in [7, 11) is 0. The standard InChI is InChI=1S/C15H16FNO3/c16-13-6-1-2-7-14(13)20-10-4-8-15(18)17-11-12-5-3-9-19-12/h1-3,5-7,9H,4,8,10-11H2,(H,17,18). The van der Waals surface area contributed by atoms with Crippen molar-refractivity contribution in [3.63, 3.8) is 0 Å². The van der Waals surface area contributed by atoms with Crippen molar-refractivity contribution in [2.24, 2.45) is 0 Å². The molecule has 106 valence electrons. The van der Waals surface area contributed by atoms with Crippen molar-refractivity contribution >= 4 is 5.91 Å². The maximum absolute atomic E-state index is 13.2. The summed E-state index contributed by atoms with van der Waals surface area (Å²) in [5, 5.41) is 2.73. The van der Waals surface area contributed by atoms with Gasteiger partial charge >= 0.3 is 0 Å². The molecule has 4 nitrogen and oxygen atoms in total. The normalized spacial score (nSPS) is 10.2. The molecule has 5 heteroatoms. The Bertz CT molecular complexity index is 540. The minimum absolute atomic E-state index is 0.0847. The number of ether oxygens (including phenoxy) is 1. The summed E-state index contributed by atoms with van der Waals surface area (Å²) < 4.78 is 23.6. The number of hydrogen-bond donors (Lipinski definition) is 1. The zero-order valence-electron chi connectivity index (χ0n) is 11.0. The van der Waals surface area contributed by atoms with Crippen LogP contribution in [0.2, 0.25) is 0 Å². The van der Waals surface area contributed by atoms with Crippen LogP contribution in [-0.2, 0) is 11.3 Å². The molecular formula is C15H16FNO3. The minimum atomic E-state index is -0.394. The molecule has 0 aliphatic rings. The van der Waals surface area contributed by atoms with Gasteiger partial charge in [-0.05, 0) is 30.7 Å². The molecule has 2 rings (SSSR count). The molecule has 0 atom stereocenters. The predicted octanol–water partition coefficient (Wildman–Crippen LogP) is 2.89. The zero-order valence-corrected chi connectivity index (χ0v) is 11.0. The summed E-state index contributed by atoms with van der Waals surface area (Å²) >= 11 is 0. The molecule has 1 aromatic heterocycles. The molecule has 0 aliphatic carbocycles. The highest BCUT2D eigenvalue weighted by Gasteiger charge is 2.04. The van der Waals surface area contributed by atoms with Gasteiger partial charge < -0.3 is 14.5 Å². The monoisotopic (exact) mass is 277 g/mol. The van der Waals surface area contributed by atoms with Gasteiger partial charge in [0.2, 0.25) is 5.91 Å². The van der Waals surface area contributed by atoms with Crippen LogP contribution in [0.5, 0.6) is 5.75 Å². The van der Waals surface area contributed by atoms with Crippen molar-refractivity contribution in [1.82, 2.24) is 5.32 Å². The smallest absolute Gasteiger partial charge is 0.220 e. The van der Waals surface area contributed by atoms with E-state index in [2.05, 4.69) is 5.32 Å². The van der Waals surface area contributed by atoms with Gasteiger partial charge in [0.25, 0.3) is 0 Å². The third kappa shape index (κ3) is 4.42. The Balaban J connectivity index is 1.61. The number of hydrogen-bond acceptors (Lipinski definition) is 3. The van der Waals surface area contributed by atoms with Gasteiger partial charge in [-0.1, -0.05) is 12.1 Å². The fourth-order valence-electron chi connectivity index (χ4n) is 1.66. The lowest BCUT2D eigenvalue weighted by Crippen LogP contribution is -2.22. The van der Waals surface area contributed by atoms with E-state index < -0.39 is 5.82 Å². The van der Waals surface area contributed by atoms with Crippen LogP contribution in [0.4, 0.5) is 4.39 Å². The second-order valence-electron chi connectivity index (χ2n) is 4.24. The average molecular weight is 277 g/mol. The first-order chi connectivity index (χ1) is 9.75. The summed E-state index contributed by atoms with van der Waals surface area (Å²) in [4.78, 5) is 11.5. The molecule has 0 fully saturated rings. The summed E-state index contributed by atoms with van der Waals surface area (Å²) in [6, 6.07) is 9.77. The van der Waals surface area contributed by atoms with E-state index in [4.69, 9.17) is 9.15 Å². The zero-order chi connectivity index (χ0) is 14.2. The van der Waals surface area contributed by atoms with Gasteiger partial charge in [-0.15, -0.1) is 0 Å². The number of para-hydroxylation sites is 1. The minimum Gasteiger partial charge on any atom is -0.491 e. The van der Waals surface area contributed by atoms with Crippen molar-refractivity contribution in [1.29, 1.82) is 0 Å². The Kier molecular flexibility index (Phi) is 5.17. The van der Waals surface area contributed by atoms with Crippen molar-refractivity contribution in [3.05, 3.63) is 54.2 Å². The van der Waals surface area contributed by atoms with E-state index >= 15 is 0 Å². The van der Waals surface area contributed by atoms with E-state index in [1.807, 2.05) is 0 Å². The Hall–Kier alpha value is -2.30. The molecule has 0 radical (unpaired) electrons. The first-order valence-corrected chi connectivity index (χ1v) is 6.42. The lowest BCUT2D eigenvalue weighted by atomic mass is 10.3. The molecule has 0 saturated carbocycles. The molecule has 2 aromatic rings. The topological polar surface area (TPSA) is 51.5 Å². The third-order valence-electron chi connectivity index (χ3n) is 2.68. The van der Waals surface area contributed by atoms with Crippen LogP contribution in [0.3, 0.4) is 0 Å². The van der Waals surface area contributed by atoms with Gasteiger partial charge in [-0.2, -0.15) is 0 Å². The number of furan rings is 1. The number of carbonyl (C=O) groups excluding carboxylic acids is 1. The number of halogens is 1. The summed E-state index contributed by atoms with van der Waals surface area (Å²) in [6.45, 7) is 0.676. The fraction of sp³-hybridized carbons (Fsp3) is 0.267. The van der Waals surface area contributed by atoms with Gasteiger partial charge in [0.05, 0.1) is 19.4 Å². The highest BCUT2D eigenvalue weighted by molar-refractivity contribution is 5.75. The summed E-state index contributed by atoms with van der Waals surface area (Å²) in [6.07, 6.45) is 2.41. The van der Waals surface area contributed by atoms with Crippen LogP contribution in [0.25, 0.3) is 0 Å². The highest BCUT2D eigenvalue weighted by Crippen LogP contribution is 2.15. The van der Waals surface area contributed by atoms with E-state index in [0.717, 1.165) is 0 Å². The molecule has 0 unspecified atom stereocenters. The second kappa shape index (κ2) is 7.33. The lowest BCUT2D eigenvalue weighted by molar-refractivity contribution is -0.121. The number of carbonyl (C=O) groups is 1. The van der Waals surface area contributed by atoms with Gasteiger partial charge in [-0.3, -0.25) is 4.79 Å². The van der Waals surface area contributed by atoms with Crippen molar-refractivity contribution in [2.75, 3.05) is 6.61 Å². The third-order valence-corrected chi connectivity index (χ3v) is 2.68. The van der Waals surface area contributed by atoms with E-state index in [1.54, 1.807) is 36.6 Å². The Morgan fingerprint density at radius 1 is 1.25 bits per heavy atom. The molecular weight excluding hydrogens is 261 g/mol. The predicted molar refractivity (Wildman–Crippen MR) is 71.7 cm³/mol. The van der Waals surface area contributed by atoms with Crippen molar-refractivity contribution in [3.8, 4) is 5.75 Å². The molecule has 1 heterocycles. The highest BCUT2D eigenvalue weighted by atomic mass is 19.1. The molecule has 20 heavy (non-hydrogen) atoms. The summed E-state index contributed by atoms with van der Waals surface area (Å²) in [5.74, 6) is 0.442. The fourth-order valence-corrected chi connectivity index (χ4v) is 1.66.